The molecule has 3 nitrogen and oxygen atoms in total. The predicted octanol–water partition coefficient (Wildman–Crippen LogP) is 3.70. The van der Waals surface area contributed by atoms with Crippen molar-refractivity contribution in [3.8, 4) is 11.5 Å². The van der Waals surface area contributed by atoms with E-state index in [0.29, 0.717) is 19.8 Å². The van der Waals surface area contributed by atoms with Crippen LogP contribution in [0.4, 0.5) is 0 Å². The molecule has 2 aromatic rings. The normalized spacial score (nSPS) is 10.4. The summed E-state index contributed by atoms with van der Waals surface area (Å²) >= 11 is 0. The Morgan fingerprint density at radius 3 is 1.71 bits per heavy atom. The summed E-state index contributed by atoms with van der Waals surface area (Å²) in [4.78, 5) is 0. The van der Waals surface area contributed by atoms with Crippen LogP contribution in [-0.4, -0.2) is 26.9 Å². The Balaban J connectivity index is 1.90. The smallest absolute Gasteiger partial charge is 0.119 e. The highest BCUT2D eigenvalue weighted by Crippen LogP contribution is 2.17. The van der Waals surface area contributed by atoms with Gasteiger partial charge in [0, 0.05) is 7.11 Å². The van der Waals surface area contributed by atoms with E-state index in [0.717, 1.165) is 17.9 Å². The number of benzene rings is 2. The molecule has 0 fully saturated rings. The van der Waals surface area contributed by atoms with Gasteiger partial charge in [0.15, 0.2) is 0 Å². The third-order valence-electron chi connectivity index (χ3n) is 3.12. The second-order valence-electron chi connectivity index (χ2n) is 4.74. The predicted molar refractivity (Wildman–Crippen MR) is 84.2 cm³/mol. The van der Waals surface area contributed by atoms with Crippen LogP contribution in [0.5, 0.6) is 11.5 Å². The van der Waals surface area contributed by atoms with Gasteiger partial charge in [0.25, 0.3) is 0 Å². The van der Waals surface area contributed by atoms with Gasteiger partial charge in [0.2, 0.25) is 0 Å². The highest BCUT2D eigenvalue weighted by atomic mass is 16.5. The quantitative estimate of drug-likeness (QED) is 0.692. The SMILES string of the molecule is CCOc1ccc(Cc2ccc(OCCOC)cc2)cc1. The van der Waals surface area contributed by atoms with Crippen LogP contribution in [0.2, 0.25) is 0 Å². The van der Waals surface area contributed by atoms with Crippen molar-refractivity contribution in [1.29, 1.82) is 0 Å². The van der Waals surface area contributed by atoms with Crippen molar-refractivity contribution < 1.29 is 14.2 Å². The van der Waals surface area contributed by atoms with Crippen molar-refractivity contribution in [2.75, 3.05) is 26.9 Å². The average Bonchev–Trinajstić information content (AvgIpc) is 2.51. The highest BCUT2D eigenvalue weighted by Gasteiger charge is 1.99. The lowest BCUT2D eigenvalue weighted by atomic mass is 10.0. The van der Waals surface area contributed by atoms with E-state index in [1.54, 1.807) is 7.11 Å². The third kappa shape index (κ3) is 5.12. The zero-order valence-electron chi connectivity index (χ0n) is 12.7. The summed E-state index contributed by atoms with van der Waals surface area (Å²) in [5, 5.41) is 0. The first-order valence-electron chi connectivity index (χ1n) is 7.24. The van der Waals surface area contributed by atoms with Crippen LogP contribution in [0.15, 0.2) is 48.5 Å². The van der Waals surface area contributed by atoms with Crippen molar-refractivity contribution in [1.82, 2.24) is 0 Å². The van der Waals surface area contributed by atoms with E-state index >= 15 is 0 Å². The maximum Gasteiger partial charge on any atom is 0.119 e. The summed E-state index contributed by atoms with van der Waals surface area (Å²) in [6.45, 7) is 3.87. The highest BCUT2D eigenvalue weighted by molar-refractivity contribution is 5.34. The summed E-state index contributed by atoms with van der Waals surface area (Å²) in [6, 6.07) is 16.4. The molecule has 0 spiro atoms. The summed E-state index contributed by atoms with van der Waals surface area (Å²) in [5.74, 6) is 1.80. The van der Waals surface area contributed by atoms with E-state index in [1.807, 2.05) is 31.2 Å². The van der Waals surface area contributed by atoms with E-state index in [-0.39, 0.29) is 0 Å². The topological polar surface area (TPSA) is 27.7 Å². The van der Waals surface area contributed by atoms with Crippen LogP contribution in [0.25, 0.3) is 0 Å². The summed E-state index contributed by atoms with van der Waals surface area (Å²) < 4.78 is 16.0. The van der Waals surface area contributed by atoms with Crippen molar-refractivity contribution >= 4 is 0 Å². The van der Waals surface area contributed by atoms with Crippen molar-refractivity contribution in [3.63, 3.8) is 0 Å². The first-order chi connectivity index (χ1) is 10.3. The molecule has 0 aliphatic rings. The van der Waals surface area contributed by atoms with Gasteiger partial charge in [-0.25, -0.2) is 0 Å². The molecule has 3 heteroatoms. The minimum Gasteiger partial charge on any atom is -0.494 e. The molecule has 2 rings (SSSR count). The van der Waals surface area contributed by atoms with Crippen LogP contribution >= 0.6 is 0 Å². The molecule has 0 amide bonds. The number of hydrogen-bond donors (Lipinski definition) is 0. The molecule has 112 valence electrons. The molecular weight excluding hydrogens is 264 g/mol. The zero-order chi connectivity index (χ0) is 14.9. The molecule has 0 bridgehead atoms. The van der Waals surface area contributed by atoms with Crippen LogP contribution in [0, 0.1) is 0 Å². The summed E-state index contributed by atoms with van der Waals surface area (Å²) in [5.41, 5.74) is 2.53. The van der Waals surface area contributed by atoms with E-state index in [1.165, 1.54) is 11.1 Å². The molecular formula is C18H22O3. The van der Waals surface area contributed by atoms with Gasteiger partial charge in [-0.3, -0.25) is 0 Å². The fourth-order valence-corrected chi connectivity index (χ4v) is 2.05. The molecule has 0 saturated carbocycles. The van der Waals surface area contributed by atoms with Gasteiger partial charge in [-0.05, 0) is 48.7 Å². The molecule has 0 aliphatic carbocycles. The Labute approximate surface area is 126 Å². The first kappa shape index (κ1) is 15.4. The van der Waals surface area contributed by atoms with Crippen molar-refractivity contribution in [2.24, 2.45) is 0 Å². The lowest BCUT2D eigenvalue weighted by Gasteiger charge is -2.08. The van der Waals surface area contributed by atoms with Crippen LogP contribution < -0.4 is 9.47 Å². The fourth-order valence-electron chi connectivity index (χ4n) is 2.05. The van der Waals surface area contributed by atoms with Crippen LogP contribution in [-0.2, 0) is 11.2 Å². The van der Waals surface area contributed by atoms with E-state index < -0.39 is 0 Å². The number of rotatable bonds is 8. The van der Waals surface area contributed by atoms with E-state index in [2.05, 4.69) is 24.3 Å². The van der Waals surface area contributed by atoms with Gasteiger partial charge >= 0.3 is 0 Å². The Bertz CT molecular complexity index is 517. The largest absolute Gasteiger partial charge is 0.494 e. The molecule has 0 N–H and O–H groups in total. The molecule has 0 aliphatic heterocycles. The monoisotopic (exact) mass is 286 g/mol. The van der Waals surface area contributed by atoms with Gasteiger partial charge in [-0.2, -0.15) is 0 Å². The molecule has 0 radical (unpaired) electrons. The number of methoxy groups -OCH3 is 1. The van der Waals surface area contributed by atoms with Gasteiger partial charge in [-0.1, -0.05) is 24.3 Å². The van der Waals surface area contributed by atoms with E-state index in [9.17, 15) is 0 Å². The number of hydrogen-bond acceptors (Lipinski definition) is 3. The minimum absolute atomic E-state index is 0.578. The Hall–Kier alpha value is -2.00. The maximum absolute atomic E-state index is 5.55. The molecule has 0 aromatic heterocycles. The lowest BCUT2D eigenvalue weighted by Crippen LogP contribution is -2.04. The van der Waals surface area contributed by atoms with E-state index in [4.69, 9.17) is 14.2 Å². The van der Waals surface area contributed by atoms with Gasteiger partial charge in [-0.15, -0.1) is 0 Å². The Morgan fingerprint density at radius 1 is 0.714 bits per heavy atom. The van der Waals surface area contributed by atoms with Crippen LogP contribution in [0.1, 0.15) is 18.1 Å². The van der Waals surface area contributed by atoms with Gasteiger partial charge in [0.1, 0.15) is 18.1 Å². The Morgan fingerprint density at radius 2 is 1.24 bits per heavy atom. The maximum atomic E-state index is 5.55. The molecule has 21 heavy (non-hydrogen) atoms. The molecule has 0 unspecified atom stereocenters. The molecule has 0 heterocycles. The van der Waals surface area contributed by atoms with Crippen molar-refractivity contribution in [3.05, 3.63) is 59.7 Å². The average molecular weight is 286 g/mol. The number of ether oxygens (including phenoxy) is 3. The zero-order valence-corrected chi connectivity index (χ0v) is 12.7. The van der Waals surface area contributed by atoms with Crippen molar-refractivity contribution in [2.45, 2.75) is 13.3 Å². The molecule has 2 aromatic carbocycles. The molecule has 0 atom stereocenters. The second kappa shape index (κ2) is 8.32. The lowest BCUT2D eigenvalue weighted by molar-refractivity contribution is 0.146. The second-order valence-corrected chi connectivity index (χ2v) is 4.74. The van der Waals surface area contributed by atoms with Gasteiger partial charge in [0.05, 0.1) is 13.2 Å². The summed E-state index contributed by atoms with van der Waals surface area (Å²) in [7, 11) is 1.67. The third-order valence-corrected chi connectivity index (χ3v) is 3.12. The standard InChI is InChI=1S/C18H22O3/c1-3-20-17-8-4-15(5-9-17)14-16-6-10-18(11-7-16)21-13-12-19-2/h4-11H,3,12-14H2,1-2H3. The summed E-state index contributed by atoms with van der Waals surface area (Å²) in [6.07, 6.45) is 0.907. The minimum atomic E-state index is 0.578. The van der Waals surface area contributed by atoms with Crippen LogP contribution in [0.3, 0.4) is 0 Å². The molecule has 0 saturated heterocycles. The Kier molecular flexibility index (Phi) is 6.10. The fraction of sp³-hybridized carbons (Fsp3) is 0.333. The van der Waals surface area contributed by atoms with Gasteiger partial charge < -0.3 is 14.2 Å². The first-order valence-corrected chi connectivity index (χ1v) is 7.24.